The highest BCUT2D eigenvalue weighted by Crippen LogP contribution is 2.03. The van der Waals surface area contributed by atoms with Crippen molar-refractivity contribution in [1.82, 2.24) is 5.48 Å². The Morgan fingerprint density at radius 1 is 1.64 bits per heavy atom. The molecule has 0 aromatic heterocycles. The van der Waals surface area contributed by atoms with Crippen LogP contribution in [-0.2, 0) is 4.84 Å². The van der Waals surface area contributed by atoms with Crippen LogP contribution in [0.1, 0.15) is 15.9 Å². The highest BCUT2D eigenvalue weighted by molar-refractivity contribution is 5.93. The summed E-state index contributed by atoms with van der Waals surface area (Å²) in [5.74, 6) is -0.240. The molecule has 0 saturated heterocycles. The zero-order chi connectivity index (χ0) is 10.4. The number of hydroxylamine groups is 1. The van der Waals surface area contributed by atoms with Gasteiger partial charge >= 0.3 is 0 Å². The molecular formula is C11H13NO2. The predicted octanol–water partition coefficient (Wildman–Crippen LogP) is 1.84. The molecular weight excluding hydrogens is 178 g/mol. The van der Waals surface area contributed by atoms with Crippen LogP contribution in [0.5, 0.6) is 0 Å². The van der Waals surface area contributed by atoms with Gasteiger partial charge in [0.2, 0.25) is 0 Å². The molecule has 0 saturated carbocycles. The molecule has 1 aromatic carbocycles. The maximum absolute atomic E-state index is 11.4. The van der Waals surface area contributed by atoms with E-state index in [2.05, 4.69) is 12.1 Å². The molecule has 3 nitrogen and oxygen atoms in total. The molecule has 1 rings (SSSR count). The van der Waals surface area contributed by atoms with Crippen molar-refractivity contribution in [2.75, 3.05) is 6.61 Å². The third-order valence-corrected chi connectivity index (χ3v) is 1.65. The summed E-state index contributed by atoms with van der Waals surface area (Å²) in [7, 11) is 0. The molecule has 0 fully saturated rings. The van der Waals surface area contributed by atoms with Gasteiger partial charge in [-0.1, -0.05) is 23.8 Å². The molecule has 74 valence electrons. The fraction of sp³-hybridized carbons (Fsp3) is 0.182. The molecule has 3 heteroatoms. The normalized spacial score (nSPS) is 9.50. The van der Waals surface area contributed by atoms with E-state index in [-0.39, 0.29) is 5.91 Å². The second-order valence-electron chi connectivity index (χ2n) is 2.90. The van der Waals surface area contributed by atoms with Crippen LogP contribution in [0.2, 0.25) is 0 Å². The van der Waals surface area contributed by atoms with Crippen LogP contribution < -0.4 is 5.48 Å². The number of hydrogen-bond acceptors (Lipinski definition) is 2. The van der Waals surface area contributed by atoms with E-state index >= 15 is 0 Å². The first-order valence-corrected chi connectivity index (χ1v) is 4.33. The molecule has 0 aliphatic heterocycles. The smallest absolute Gasteiger partial charge is 0.269 e. The average molecular weight is 191 g/mol. The predicted molar refractivity (Wildman–Crippen MR) is 54.8 cm³/mol. The zero-order valence-electron chi connectivity index (χ0n) is 8.12. The standard InChI is InChI=1S/C11H13NO2/c1-3-7-14-12-11(13)10-6-4-5-9(2)8-10/h3-6,8H,1,7H2,2H3,(H,12,13). The number of amides is 1. The van der Waals surface area contributed by atoms with E-state index in [1.807, 2.05) is 19.1 Å². The second-order valence-corrected chi connectivity index (χ2v) is 2.90. The molecule has 0 unspecified atom stereocenters. The van der Waals surface area contributed by atoms with Crippen molar-refractivity contribution in [3.05, 3.63) is 48.0 Å². The monoisotopic (exact) mass is 191 g/mol. The lowest BCUT2D eigenvalue weighted by Gasteiger charge is -2.03. The number of nitrogens with one attached hydrogen (secondary N) is 1. The molecule has 0 atom stereocenters. The third-order valence-electron chi connectivity index (χ3n) is 1.65. The molecule has 1 N–H and O–H groups in total. The highest BCUT2D eigenvalue weighted by Gasteiger charge is 2.03. The summed E-state index contributed by atoms with van der Waals surface area (Å²) in [6.45, 7) is 5.70. The maximum atomic E-state index is 11.4. The van der Waals surface area contributed by atoms with Crippen LogP contribution in [0.4, 0.5) is 0 Å². The molecule has 0 spiro atoms. The minimum Gasteiger partial charge on any atom is -0.269 e. The molecule has 1 aromatic rings. The molecule has 0 bridgehead atoms. The van der Waals surface area contributed by atoms with Gasteiger partial charge in [0.25, 0.3) is 5.91 Å². The average Bonchev–Trinajstić information content (AvgIpc) is 2.18. The van der Waals surface area contributed by atoms with Crippen LogP contribution >= 0.6 is 0 Å². The number of carbonyl (C=O) groups is 1. The number of benzene rings is 1. The maximum Gasteiger partial charge on any atom is 0.274 e. The molecule has 14 heavy (non-hydrogen) atoms. The Hall–Kier alpha value is -1.61. The van der Waals surface area contributed by atoms with Crippen molar-refractivity contribution in [3.63, 3.8) is 0 Å². The van der Waals surface area contributed by atoms with Gasteiger partial charge in [-0.2, -0.15) is 0 Å². The third kappa shape index (κ3) is 3.03. The first-order chi connectivity index (χ1) is 6.74. The SMILES string of the molecule is C=CCONC(=O)c1cccc(C)c1. The van der Waals surface area contributed by atoms with Gasteiger partial charge in [0, 0.05) is 5.56 Å². The fourth-order valence-corrected chi connectivity index (χ4v) is 1.01. The summed E-state index contributed by atoms with van der Waals surface area (Å²) < 4.78 is 0. The summed E-state index contributed by atoms with van der Waals surface area (Å²) >= 11 is 0. The van der Waals surface area contributed by atoms with Crippen molar-refractivity contribution in [3.8, 4) is 0 Å². The first kappa shape index (κ1) is 10.5. The van der Waals surface area contributed by atoms with Crippen LogP contribution in [0.25, 0.3) is 0 Å². The van der Waals surface area contributed by atoms with Crippen molar-refractivity contribution in [1.29, 1.82) is 0 Å². The number of aryl methyl sites for hydroxylation is 1. The summed E-state index contributed by atoms with van der Waals surface area (Å²) in [5.41, 5.74) is 3.95. The van der Waals surface area contributed by atoms with E-state index in [9.17, 15) is 4.79 Å². The Kier molecular flexibility index (Phi) is 3.88. The topological polar surface area (TPSA) is 38.3 Å². The van der Waals surface area contributed by atoms with E-state index in [4.69, 9.17) is 4.84 Å². The van der Waals surface area contributed by atoms with E-state index in [1.54, 1.807) is 18.2 Å². The molecule has 0 aliphatic rings. The Morgan fingerprint density at radius 3 is 3.07 bits per heavy atom. The van der Waals surface area contributed by atoms with Gasteiger partial charge in [0.15, 0.2) is 0 Å². The fourth-order valence-electron chi connectivity index (χ4n) is 1.01. The van der Waals surface area contributed by atoms with Crippen molar-refractivity contribution >= 4 is 5.91 Å². The van der Waals surface area contributed by atoms with Gasteiger partial charge in [-0.15, -0.1) is 6.58 Å². The van der Waals surface area contributed by atoms with Gasteiger partial charge in [0.05, 0.1) is 6.61 Å². The van der Waals surface area contributed by atoms with Crippen LogP contribution in [0.3, 0.4) is 0 Å². The Balaban J connectivity index is 2.56. The summed E-state index contributed by atoms with van der Waals surface area (Å²) in [6, 6.07) is 7.30. The van der Waals surface area contributed by atoms with Crippen LogP contribution in [-0.4, -0.2) is 12.5 Å². The Bertz CT molecular complexity index is 334. The van der Waals surface area contributed by atoms with Crippen molar-refractivity contribution in [2.45, 2.75) is 6.92 Å². The molecule has 1 amide bonds. The number of rotatable bonds is 4. The number of carbonyl (C=O) groups excluding carboxylic acids is 1. The van der Waals surface area contributed by atoms with Crippen molar-refractivity contribution < 1.29 is 9.63 Å². The van der Waals surface area contributed by atoms with Crippen LogP contribution in [0.15, 0.2) is 36.9 Å². The Labute approximate surface area is 83.3 Å². The Morgan fingerprint density at radius 2 is 2.43 bits per heavy atom. The minimum absolute atomic E-state index is 0.240. The minimum atomic E-state index is -0.240. The quantitative estimate of drug-likeness (QED) is 0.448. The summed E-state index contributed by atoms with van der Waals surface area (Å²) in [4.78, 5) is 16.2. The van der Waals surface area contributed by atoms with Gasteiger partial charge < -0.3 is 0 Å². The number of hydrogen-bond donors (Lipinski definition) is 1. The second kappa shape index (κ2) is 5.19. The lowest BCUT2D eigenvalue weighted by Crippen LogP contribution is -2.23. The van der Waals surface area contributed by atoms with Gasteiger partial charge in [-0.3, -0.25) is 9.63 Å². The van der Waals surface area contributed by atoms with Gasteiger partial charge in [-0.25, -0.2) is 5.48 Å². The molecule has 0 radical (unpaired) electrons. The van der Waals surface area contributed by atoms with E-state index < -0.39 is 0 Å². The van der Waals surface area contributed by atoms with E-state index in [0.717, 1.165) is 5.56 Å². The lowest BCUT2D eigenvalue weighted by molar-refractivity contribution is 0.0421. The van der Waals surface area contributed by atoms with E-state index in [0.29, 0.717) is 12.2 Å². The van der Waals surface area contributed by atoms with E-state index in [1.165, 1.54) is 0 Å². The summed E-state index contributed by atoms with van der Waals surface area (Å²) in [6.07, 6.45) is 1.57. The molecule has 0 heterocycles. The van der Waals surface area contributed by atoms with Gasteiger partial charge in [-0.05, 0) is 19.1 Å². The zero-order valence-corrected chi connectivity index (χ0v) is 8.12. The molecule has 0 aliphatic carbocycles. The largest absolute Gasteiger partial charge is 0.274 e. The highest BCUT2D eigenvalue weighted by atomic mass is 16.6. The lowest BCUT2D eigenvalue weighted by atomic mass is 10.1. The van der Waals surface area contributed by atoms with Crippen LogP contribution in [0, 0.1) is 6.92 Å². The van der Waals surface area contributed by atoms with Gasteiger partial charge in [0.1, 0.15) is 0 Å². The first-order valence-electron chi connectivity index (χ1n) is 4.33. The summed E-state index contributed by atoms with van der Waals surface area (Å²) in [5, 5.41) is 0. The van der Waals surface area contributed by atoms with Crippen molar-refractivity contribution in [2.24, 2.45) is 0 Å².